The van der Waals surface area contributed by atoms with Crippen molar-refractivity contribution in [3.63, 3.8) is 0 Å². The lowest BCUT2D eigenvalue weighted by Crippen LogP contribution is -2.47. The zero-order valence-corrected chi connectivity index (χ0v) is 15.7. The molecule has 28 heavy (non-hydrogen) atoms. The quantitative estimate of drug-likeness (QED) is 0.783. The molecule has 10 heteroatoms. The number of halogens is 3. The molecule has 0 saturated carbocycles. The van der Waals surface area contributed by atoms with E-state index in [1.807, 2.05) is 0 Å². The number of piperazine rings is 1. The van der Waals surface area contributed by atoms with Crippen LogP contribution in [-0.4, -0.2) is 52.6 Å². The van der Waals surface area contributed by atoms with Crippen molar-refractivity contribution in [2.75, 3.05) is 47.9 Å². The van der Waals surface area contributed by atoms with Gasteiger partial charge in [-0.25, -0.2) is 21.8 Å². The zero-order chi connectivity index (χ0) is 19.9. The minimum Gasteiger partial charge on any atom is -0.314 e. The van der Waals surface area contributed by atoms with Crippen molar-refractivity contribution in [2.24, 2.45) is 0 Å². The maximum Gasteiger partial charge on any atom is 0.331 e. The SMILES string of the molecule is O=S1(=O)N(CCN2CCNCC2)c2ccccc2N1c1ccc(F)c(F)c1F. The van der Waals surface area contributed by atoms with E-state index in [1.165, 1.54) is 10.4 Å². The Morgan fingerprint density at radius 1 is 0.857 bits per heavy atom. The summed E-state index contributed by atoms with van der Waals surface area (Å²) in [5, 5.41) is 3.23. The summed E-state index contributed by atoms with van der Waals surface area (Å²) in [6, 6.07) is 8.06. The summed E-state index contributed by atoms with van der Waals surface area (Å²) in [6.45, 7) is 3.93. The zero-order valence-electron chi connectivity index (χ0n) is 14.9. The molecule has 0 bridgehead atoms. The maximum absolute atomic E-state index is 14.4. The van der Waals surface area contributed by atoms with Crippen LogP contribution < -0.4 is 13.9 Å². The van der Waals surface area contributed by atoms with Gasteiger partial charge in [0.2, 0.25) is 0 Å². The van der Waals surface area contributed by atoms with E-state index < -0.39 is 33.3 Å². The average Bonchev–Trinajstić information content (AvgIpc) is 2.92. The van der Waals surface area contributed by atoms with E-state index in [0.717, 1.165) is 42.6 Å². The molecule has 4 rings (SSSR count). The number of rotatable bonds is 4. The molecule has 0 amide bonds. The molecule has 1 fully saturated rings. The smallest absolute Gasteiger partial charge is 0.314 e. The number of fused-ring (bicyclic) bond motifs is 1. The van der Waals surface area contributed by atoms with E-state index in [9.17, 15) is 21.6 Å². The van der Waals surface area contributed by atoms with Crippen LogP contribution in [0.2, 0.25) is 0 Å². The Bertz CT molecular complexity index is 996. The normalized spacial score (nSPS) is 19.1. The second kappa shape index (κ2) is 7.26. The number of hydrogen-bond acceptors (Lipinski definition) is 4. The van der Waals surface area contributed by atoms with Gasteiger partial charge in [0.15, 0.2) is 17.5 Å². The molecule has 1 saturated heterocycles. The predicted octanol–water partition coefficient (Wildman–Crippen LogP) is 2.21. The van der Waals surface area contributed by atoms with Crippen molar-refractivity contribution in [3.05, 3.63) is 53.8 Å². The van der Waals surface area contributed by atoms with E-state index in [1.54, 1.807) is 18.2 Å². The van der Waals surface area contributed by atoms with Gasteiger partial charge in [0.25, 0.3) is 0 Å². The van der Waals surface area contributed by atoms with Gasteiger partial charge >= 0.3 is 10.2 Å². The Kier molecular flexibility index (Phi) is 4.94. The van der Waals surface area contributed by atoms with Crippen molar-refractivity contribution < 1.29 is 21.6 Å². The molecule has 2 aromatic carbocycles. The molecule has 2 aliphatic rings. The highest BCUT2D eigenvalue weighted by atomic mass is 32.2. The first-order chi connectivity index (χ1) is 13.4. The average molecular weight is 412 g/mol. The van der Waals surface area contributed by atoms with Gasteiger partial charge in [0.1, 0.15) is 0 Å². The Hall–Kier alpha value is -2.30. The molecule has 0 aliphatic carbocycles. The fraction of sp³-hybridized carbons (Fsp3) is 0.333. The Balaban J connectivity index is 1.72. The van der Waals surface area contributed by atoms with Crippen LogP contribution in [0.25, 0.3) is 0 Å². The number of benzene rings is 2. The predicted molar refractivity (Wildman–Crippen MR) is 100 cm³/mol. The van der Waals surface area contributed by atoms with E-state index in [-0.39, 0.29) is 12.2 Å². The number of para-hydroxylation sites is 2. The Morgan fingerprint density at radius 3 is 2.25 bits per heavy atom. The summed E-state index contributed by atoms with van der Waals surface area (Å²) >= 11 is 0. The third-order valence-corrected chi connectivity index (χ3v) is 6.73. The first-order valence-corrected chi connectivity index (χ1v) is 10.3. The van der Waals surface area contributed by atoms with Crippen LogP contribution >= 0.6 is 0 Å². The summed E-state index contributed by atoms with van der Waals surface area (Å²) in [5.41, 5.74) is 0.0329. The van der Waals surface area contributed by atoms with Crippen LogP contribution in [0, 0.1) is 17.5 Å². The van der Waals surface area contributed by atoms with Crippen molar-refractivity contribution in [2.45, 2.75) is 0 Å². The Morgan fingerprint density at radius 2 is 1.54 bits per heavy atom. The van der Waals surface area contributed by atoms with Crippen LogP contribution in [0.4, 0.5) is 30.2 Å². The first-order valence-electron chi connectivity index (χ1n) is 8.90. The molecule has 6 nitrogen and oxygen atoms in total. The lowest BCUT2D eigenvalue weighted by Gasteiger charge is -2.29. The number of nitrogens with one attached hydrogen (secondary N) is 1. The van der Waals surface area contributed by atoms with Gasteiger partial charge in [0.05, 0.1) is 17.1 Å². The molecular weight excluding hydrogens is 393 g/mol. The van der Waals surface area contributed by atoms with Gasteiger partial charge in [-0.1, -0.05) is 12.1 Å². The second-order valence-electron chi connectivity index (χ2n) is 6.62. The molecule has 2 aromatic rings. The van der Waals surface area contributed by atoms with Crippen LogP contribution in [0.3, 0.4) is 0 Å². The number of nitrogens with zero attached hydrogens (tertiary/aromatic N) is 3. The lowest BCUT2D eigenvalue weighted by atomic mass is 10.2. The van der Waals surface area contributed by atoms with E-state index >= 15 is 0 Å². The highest BCUT2D eigenvalue weighted by molar-refractivity contribution is 7.95. The van der Waals surface area contributed by atoms with Gasteiger partial charge in [-0.2, -0.15) is 8.42 Å². The fourth-order valence-corrected chi connectivity index (χ4v) is 5.23. The minimum absolute atomic E-state index is 0.168. The van der Waals surface area contributed by atoms with Gasteiger partial charge in [-0.05, 0) is 24.3 Å². The highest BCUT2D eigenvalue weighted by Gasteiger charge is 2.42. The molecule has 2 heterocycles. The van der Waals surface area contributed by atoms with E-state index in [4.69, 9.17) is 0 Å². The number of hydrogen-bond donors (Lipinski definition) is 1. The third-order valence-electron chi connectivity index (χ3n) is 4.94. The molecule has 0 spiro atoms. The third kappa shape index (κ3) is 3.11. The van der Waals surface area contributed by atoms with E-state index in [0.29, 0.717) is 12.2 Å². The summed E-state index contributed by atoms with van der Waals surface area (Å²) in [7, 11) is -4.20. The van der Waals surface area contributed by atoms with Crippen LogP contribution in [0.1, 0.15) is 0 Å². The molecule has 2 aliphatic heterocycles. The molecular formula is C18H19F3N4O2S. The summed E-state index contributed by atoms with van der Waals surface area (Å²) in [4.78, 5) is 2.13. The van der Waals surface area contributed by atoms with Gasteiger partial charge < -0.3 is 5.32 Å². The van der Waals surface area contributed by atoms with E-state index in [2.05, 4.69) is 10.2 Å². The topological polar surface area (TPSA) is 55.9 Å². The van der Waals surface area contributed by atoms with Crippen LogP contribution in [-0.2, 0) is 10.2 Å². The van der Waals surface area contributed by atoms with Gasteiger partial charge in [-0.15, -0.1) is 0 Å². The lowest BCUT2D eigenvalue weighted by molar-refractivity contribution is 0.248. The van der Waals surface area contributed by atoms with Crippen LogP contribution in [0.15, 0.2) is 36.4 Å². The minimum atomic E-state index is -4.20. The van der Waals surface area contributed by atoms with Crippen molar-refractivity contribution in [1.82, 2.24) is 10.2 Å². The fourth-order valence-electron chi connectivity index (χ4n) is 3.52. The largest absolute Gasteiger partial charge is 0.331 e. The first kappa shape index (κ1) is 19.0. The van der Waals surface area contributed by atoms with Crippen molar-refractivity contribution in [3.8, 4) is 0 Å². The van der Waals surface area contributed by atoms with Crippen molar-refractivity contribution >= 4 is 27.3 Å². The maximum atomic E-state index is 14.4. The monoisotopic (exact) mass is 412 g/mol. The summed E-state index contributed by atoms with van der Waals surface area (Å²) in [6.07, 6.45) is 0. The standard InChI is InChI=1S/C18H19F3N4O2S/c19-13-5-6-16(18(21)17(13)20)25-15-4-2-1-3-14(15)24(28(25,26)27)12-11-23-9-7-22-8-10-23/h1-6,22H,7-12H2. The summed E-state index contributed by atoms with van der Waals surface area (Å²) < 4.78 is 69.8. The molecule has 1 N–H and O–H groups in total. The van der Waals surface area contributed by atoms with Crippen LogP contribution in [0.5, 0.6) is 0 Å². The molecule has 150 valence electrons. The molecule has 0 radical (unpaired) electrons. The Labute approximate surface area is 161 Å². The second-order valence-corrected chi connectivity index (χ2v) is 8.32. The molecule has 0 unspecified atom stereocenters. The number of anilines is 3. The van der Waals surface area contributed by atoms with Crippen molar-refractivity contribution in [1.29, 1.82) is 0 Å². The van der Waals surface area contributed by atoms with Gasteiger partial charge in [-0.3, -0.25) is 4.90 Å². The molecule has 0 aromatic heterocycles. The molecule has 0 atom stereocenters. The summed E-state index contributed by atoms with van der Waals surface area (Å²) in [5.74, 6) is -4.62. The highest BCUT2D eigenvalue weighted by Crippen LogP contribution is 2.46. The van der Waals surface area contributed by atoms with Gasteiger partial charge in [0, 0.05) is 39.3 Å².